The number of allylic oxidation sites excluding steroid dienone is 1. The van der Waals surface area contributed by atoms with Gasteiger partial charge in [-0.3, -0.25) is 0 Å². The molecule has 0 saturated carbocycles. The first kappa shape index (κ1) is 6.89. The monoisotopic (exact) mass is 120 g/mol. The number of hydrogen-bond donors (Lipinski definition) is 0. The lowest BCUT2D eigenvalue weighted by Gasteiger charge is -2.29. The van der Waals surface area contributed by atoms with Gasteiger partial charge in [0.05, 0.1) is 0 Å². The zero-order chi connectivity index (χ0) is 6.08. The zero-order valence-electron chi connectivity index (χ0n) is 3.88. The highest BCUT2D eigenvalue weighted by atomic mass is 31.2. The Labute approximate surface area is 41.8 Å². The molecule has 0 spiro atoms. The summed E-state index contributed by atoms with van der Waals surface area (Å²) in [4.78, 5) is 19.4. The molecule has 4 heteroatoms. The molecule has 3 nitrogen and oxygen atoms in total. The molecule has 7 heavy (non-hydrogen) atoms. The van der Waals surface area contributed by atoms with E-state index in [1.165, 1.54) is 6.92 Å². The van der Waals surface area contributed by atoms with Crippen LogP contribution in [0.25, 0.3) is 0 Å². The van der Waals surface area contributed by atoms with Gasteiger partial charge in [0.1, 0.15) is 0 Å². The highest BCUT2D eigenvalue weighted by Gasteiger charge is 1.85. The summed E-state index contributed by atoms with van der Waals surface area (Å²) in [6.07, 6.45) is 0. The maximum atomic E-state index is 9.70. The summed E-state index contributed by atoms with van der Waals surface area (Å²) in [5.74, 6) is 0. The second-order valence-electron chi connectivity index (χ2n) is 1.23. The van der Waals surface area contributed by atoms with Gasteiger partial charge in [0, 0.05) is 0 Å². The molecule has 0 bridgehead atoms. The van der Waals surface area contributed by atoms with Crippen molar-refractivity contribution in [1.82, 2.24) is 0 Å². The smallest absolute Gasteiger partial charge is 0.0392 e. The quantitative estimate of drug-likeness (QED) is 0.435. The molecule has 0 radical (unpaired) electrons. The van der Waals surface area contributed by atoms with Crippen LogP contribution in [0.15, 0.2) is 11.9 Å². The molecular weight excluding hydrogens is 115 g/mol. The molecule has 0 heterocycles. The first-order valence-electron chi connectivity index (χ1n) is 1.62. The zero-order valence-corrected chi connectivity index (χ0v) is 4.77. The second kappa shape index (κ2) is 1.78. The van der Waals surface area contributed by atoms with Gasteiger partial charge in [-0.25, -0.2) is 0 Å². The lowest BCUT2D eigenvalue weighted by molar-refractivity contribution is -0.310. The van der Waals surface area contributed by atoms with E-state index in [0.29, 0.717) is 0 Å². The Morgan fingerprint density at radius 3 is 1.86 bits per heavy atom. The minimum atomic E-state index is -4.43. The molecule has 0 aromatic rings. The van der Waals surface area contributed by atoms with Crippen LogP contribution in [0.1, 0.15) is 6.92 Å². The van der Waals surface area contributed by atoms with E-state index in [9.17, 15) is 14.4 Å². The fourth-order valence-electron chi connectivity index (χ4n) is 0. The van der Waals surface area contributed by atoms with Crippen LogP contribution in [0, 0.1) is 0 Å². The minimum absolute atomic E-state index is 0.312. The molecule has 0 aliphatic heterocycles. The molecule has 0 N–H and O–H groups in total. The van der Waals surface area contributed by atoms with Crippen LogP contribution in [-0.4, -0.2) is 0 Å². The van der Waals surface area contributed by atoms with Crippen LogP contribution in [0.5, 0.6) is 0 Å². The lowest BCUT2D eigenvalue weighted by Crippen LogP contribution is -2.13. The fraction of sp³-hybridized carbons (Fsp3) is 0.333. The fourth-order valence-corrected chi connectivity index (χ4v) is 0. The maximum absolute atomic E-state index is 9.70. The Bertz CT molecular complexity index is 122. The molecule has 0 atom stereocenters. The van der Waals surface area contributed by atoms with Crippen LogP contribution in [0.4, 0.5) is 0 Å². The topological polar surface area (TPSA) is 63.2 Å². The van der Waals surface area contributed by atoms with E-state index < -0.39 is 7.60 Å². The Morgan fingerprint density at radius 2 is 1.86 bits per heavy atom. The van der Waals surface area contributed by atoms with E-state index in [2.05, 4.69) is 6.58 Å². The Morgan fingerprint density at radius 1 is 1.71 bits per heavy atom. The molecule has 0 rings (SSSR count). The molecule has 0 aliphatic carbocycles. The van der Waals surface area contributed by atoms with Gasteiger partial charge in [-0.15, -0.1) is 0 Å². The highest BCUT2D eigenvalue weighted by Crippen LogP contribution is 2.32. The Balaban J connectivity index is 4.09. The van der Waals surface area contributed by atoms with Gasteiger partial charge in [0.2, 0.25) is 0 Å². The molecule has 42 valence electrons. The van der Waals surface area contributed by atoms with Crippen LogP contribution in [0.3, 0.4) is 0 Å². The molecule has 0 aromatic carbocycles. The van der Waals surface area contributed by atoms with Gasteiger partial charge >= 0.3 is 0 Å². The average molecular weight is 120 g/mol. The average Bonchev–Trinajstić information content (AvgIpc) is 1.31. The van der Waals surface area contributed by atoms with E-state index in [-0.39, 0.29) is 5.31 Å². The molecule has 0 fully saturated rings. The summed E-state index contributed by atoms with van der Waals surface area (Å²) >= 11 is 0. The number of hydrogen-bond acceptors (Lipinski definition) is 3. The summed E-state index contributed by atoms with van der Waals surface area (Å²) in [6, 6.07) is 0. The van der Waals surface area contributed by atoms with Gasteiger partial charge in [-0.05, 0) is 19.8 Å². The summed E-state index contributed by atoms with van der Waals surface area (Å²) in [5, 5.41) is -0.312. The second-order valence-corrected chi connectivity index (χ2v) is 2.99. The first-order chi connectivity index (χ1) is 2.94. The van der Waals surface area contributed by atoms with Crippen molar-refractivity contribution >= 4 is 7.60 Å². The van der Waals surface area contributed by atoms with Crippen molar-refractivity contribution in [2.24, 2.45) is 0 Å². The van der Waals surface area contributed by atoms with Crippen molar-refractivity contribution in [2.75, 3.05) is 0 Å². The summed E-state index contributed by atoms with van der Waals surface area (Å²) in [6.45, 7) is 4.11. The largest absolute Gasteiger partial charge is 0.808 e. The standard InChI is InChI=1S/C3H7O3P/c1-3(2)7(4,5)6/h1H2,2H3,(H2,4,5,6)/p-2. The van der Waals surface area contributed by atoms with Crippen LogP contribution < -0.4 is 9.79 Å². The van der Waals surface area contributed by atoms with Crippen molar-refractivity contribution in [3.8, 4) is 0 Å². The summed E-state index contributed by atoms with van der Waals surface area (Å²) < 4.78 is 9.70. The van der Waals surface area contributed by atoms with E-state index in [1.807, 2.05) is 0 Å². The van der Waals surface area contributed by atoms with Crippen molar-refractivity contribution < 1.29 is 14.4 Å². The minimum Gasteiger partial charge on any atom is -0.808 e. The van der Waals surface area contributed by atoms with Crippen molar-refractivity contribution in [1.29, 1.82) is 0 Å². The highest BCUT2D eigenvalue weighted by molar-refractivity contribution is 7.53. The van der Waals surface area contributed by atoms with Crippen molar-refractivity contribution in [3.05, 3.63) is 11.9 Å². The maximum Gasteiger partial charge on any atom is -0.0392 e. The normalized spacial score (nSPS) is 11.3. The van der Waals surface area contributed by atoms with Crippen LogP contribution in [-0.2, 0) is 4.57 Å². The van der Waals surface area contributed by atoms with Gasteiger partial charge in [-0.2, -0.15) is 0 Å². The lowest BCUT2D eigenvalue weighted by atomic mass is 10.8. The van der Waals surface area contributed by atoms with Gasteiger partial charge in [0.25, 0.3) is 0 Å². The number of rotatable bonds is 1. The third-order valence-corrected chi connectivity index (χ3v) is 1.40. The predicted octanol–water partition coefficient (Wildman–Crippen LogP) is -0.566. The molecule has 0 unspecified atom stereocenters. The van der Waals surface area contributed by atoms with E-state index in [4.69, 9.17) is 0 Å². The summed E-state index contributed by atoms with van der Waals surface area (Å²) in [5.41, 5.74) is 0. The molecule has 0 saturated heterocycles. The first-order valence-corrected chi connectivity index (χ1v) is 3.17. The van der Waals surface area contributed by atoms with Crippen LogP contribution >= 0.6 is 7.60 Å². The Kier molecular flexibility index (Phi) is 1.75. The van der Waals surface area contributed by atoms with Crippen molar-refractivity contribution in [2.45, 2.75) is 6.92 Å². The van der Waals surface area contributed by atoms with Gasteiger partial charge in [0.15, 0.2) is 0 Å². The summed E-state index contributed by atoms with van der Waals surface area (Å²) in [7, 11) is -4.43. The Hall–Kier alpha value is -0.110. The molecule has 0 aromatic heterocycles. The molecular formula is C3H5O3P-2. The molecule has 0 aliphatic rings. The molecule has 0 amide bonds. The SMILES string of the molecule is C=C(C)P(=O)([O-])[O-]. The van der Waals surface area contributed by atoms with E-state index >= 15 is 0 Å². The predicted molar refractivity (Wildman–Crippen MR) is 22.4 cm³/mol. The van der Waals surface area contributed by atoms with Gasteiger partial charge < -0.3 is 14.4 Å². The van der Waals surface area contributed by atoms with Gasteiger partial charge in [-0.1, -0.05) is 6.58 Å². The van der Waals surface area contributed by atoms with E-state index in [1.54, 1.807) is 0 Å². The third kappa shape index (κ3) is 2.57. The van der Waals surface area contributed by atoms with E-state index in [0.717, 1.165) is 0 Å². The van der Waals surface area contributed by atoms with Crippen LogP contribution in [0.2, 0.25) is 0 Å². The van der Waals surface area contributed by atoms with Crippen molar-refractivity contribution in [3.63, 3.8) is 0 Å². The third-order valence-electron chi connectivity index (χ3n) is 0.468.